The summed E-state index contributed by atoms with van der Waals surface area (Å²) in [6.07, 6.45) is 27.8. The van der Waals surface area contributed by atoms with Crippen molar-refractivity contribution in [3.8, 4) is 0 Å². The largest absolute Gasteiger partial charge is 0.454 e. The number of ether oxygens (including phenoxy) is 2. The molecule has 2 unspecified atom stereocenters. The van der Waals surface area contributed by atoms with Crippen LogP contribution in [0, 0.1) is 10.8 Å². The minimum atomic E-state index is -0.719. The molecule has 0 radical (unpaired) electrons. The van der Waals surface area contributed by atoms with E-state index in [0.717, 1.165) is 33.4 Å². The zero-order valence-electron chi connectivity index (χ0n) is 32.1. The van der Waals surface area contributed by atoms with Crippen molar-refractivity contribution in [2.45, 2.75) is 108 Å². The van der Waals surface area contributed by atoms with Crippen LogP contribution in [0.2, 0.25) is 0 Å². The molecule has 0 heterocycles. The first-order valence-corrected chi connectivity index (χ1v) is 17.2. The molecule has 0 aliphatic heterocycles. The molecular formula is C44H56O6. The van der Waals surface area contributed by atoms with Crippen molar-refractivity contribution in [2.75, 3.05) is 0 Å². The van der Waals surface area contributed by atoms with Crippen LogP contribution in [0.25, 0.3) is 0 Å². The van der Waals surface area contributed by atoms with E-state index in [-0.39, 0.29) is 22.4 Å². The number of carbonyl (C=O) groups excluding carboxylic acids is 4. The number of esters is 2. The minimum absolute atomic E-state index is 0.127. The minimum Gasteiger partial charge on any atom is -0.454 e. The predicted molar refractivity (Wildman–Crippen MR) is 204 cm³/mol. The maximum absolute atomic E-state index is 12.8. The lowest BCUT2D eigenvalue weighted by molar-refractivity contribution is -0.154. The van der Waals surface area contributed by atoms with Crippen LogP contribution in [0.5, 0.6) is 0 Å². The van der Waals surface area contributed by atoms with Crippen LogP contribution in [0.1, 0.15) is 95.9 Å². The van der Waals surface area contributed by atoms with Gasteiger partial charge in [0.2, 0.25) is 0 Å². The third kappa shape index (κ3) is 12.7. The highest BCUT2D eigenvalue weighted by Gasteiger charge is 2.40. The summed E-state index contributed by atoms with van der Waals surface area (Å²) >= 11 is 0. The highest BCUT2D eigenvalue weighted by molar-refractivity contribution is 6.02. The van der Waals surface area contributed by atoms with E-state index in [0.29, 0.717) is 24.0 Å². The maximum Gasteiger partial charge on any atom is 0.303 e. The second-order valence-corrected chi connectivity index (χ2v) is 14.6. The van der Waals surface area contributed by atoms with Gasteiger partial charge in [-0.2, -0.15) is 0 Å². The Bertz CT molecular complexity index is 1560. The van der Waals surface area contributed by atoms with Gasteiger partial charge in [-0.15, -0.1) is 0 Å². The first kappa shape index (κ1) is 41.6. The summed E-state index contributed by atoms with van der Waals surface area (Å²) in [4.78, 5) is 48.4. The molecule has 0 N–H and O–H groups in total. The molecule has 50 heavy (non-hydrogen) atoms. The number of carbonyl (C=O) groups is 4. The monoisotopic (exact) mass is 680 g/mol. The first-order chi connectivity index (χ1) is 23.2. The Morgan fingerprint density at radius 2 is 0.840 bits per heavy atom. The van der Waals surface area contributed by atoms with Gasteiger partial charge in [-0.25, -0.2) is 0 Å². The third-order valence-corrected chi connectivity index (χ3v) is 8.89. The van der Waals surface area contributed by atoms with Gasteiger partial charge in [0, 0.05) is 26.7 Å². The van der Waals surface area contributed by atoms with E-state index in [1.165, 1.54) is 13.8 Å². The normalized spacial score (nSPS) is 22.7. The van der Waals surface area contributed by atoms with E-state index in [2.05, 4.69) is 27.7 Å². The molecule has 6 nitrogen and oxygen atoms in total. The van der Waals surface area contributed by atoms with Crippen molar-refractivity contribution in [3.63, 3.8) is 0 Å². The highest BCUT2D eigenvalue weighted by Crippen LogP contribution is 2.42. The Balaban J connectivity index is 1.98. The van der Waals surface area contributed by atoms with Crippen LogP contribution in [-0.4, -0.2) is 35.7 Å². The summed E-state index contributed by atoms with van der Waals surface area (Å²) in [5.41, 5.74) is 6.94. The van der Waals surface area contributed by atoms with Gasteiger partial charge in [0.25, 0.3) is 0 Å². The van der Waals surface area contributed by atoms with Gasteiger partial charge >= 0.3 is 11.9 Å². The summed E-state index contributed by atoms with van der Waals surface area (Å²) in [6, 6.07) is 0. The average molecular weight is 681 g/mol. The maximum atomic E-state index is 12.8. The quantitative estimate of drug-likeness (QED) is 0.151. The fourth-order valence-electron chi connectivity index (χ4n) is 6.16. The van der Waals surface area contributed by atoms with Crippen molar-refractivity contribution in [1.29, 1.82) is 0 Å². The summed E-state index contributed by atoms with van der Waals surface area (Å²) < 4.78 is 10.5. The van der Waals surface area contributed by atoms with Crippen molar-refractivity contribution in [2.24, 2.45) is 10.8 Å². The number of rotatable bonds is 12. The molecule has 268 valence electrons. The van der Waals surface area contributed by atoms with Crippen molar-refractivity contribution in [3.05, 3.63) is 130 Å². The second kappa shape index (κ2) is 18.4. The predicted octanol–water partition coefficient (Wildman–Crippen LogP) is 10.0. The molecule has 0 spiro atoms. The van der Waals surface area contributed by atoms with Crippen LogP contribution < -0.4 is 0 Å². The van der Waals surface area contributed by atoms with E-state index in [4.69, 9.17) is 9.47 Å². The molecule has 0 aromatic rings. The Kier molecular flexibility index (Phi) is 15.3. The lowest BCUT2D eigenvalue weighted by Crippen LogP contribution is -2.38. The molecule has 6 heteroatoms. The summed E-state index contributed by atoms with van der Waals surface area (Å²) in [7, 11) is 0. The zero-order valence-corrected chi connectivity index (χ0v) is 32.1. The SMILES string of the molecule is CC(=O)OC1CC(C)(C)C(/C=C/C(C)=C/C=C/C(C)=C/C=C/C=C(C)/C=C/C=C(C)/C=C/C2=C(C)C(=O)C(OC(C)=O)CC2(C)C)=C(C)C1=O. The molecular weight excluding hydrogens is 624 g/mol. The molecule has 0 saturated heterocycles. The molecule has 2 aliphatic carbocycles. The molecule has 2 rings (SSSR count). The van der Waals surface area contributed by atoms with Crippen LogP contribution >= 0.6 is 0 Å². The van der Waals surface area contributed by atoms with Crippen molar-refractivity contribution < 1.29 is 28.7 Å². The van der Waals surface area contributed by atoms with E-state index in [9.17, 15) is 19.2 Å². The lowest BCUT2D eigenvalue weighted by Gasteiger charge is -2.36. The Labute approximate surface area is 300 Å². The van der Waals surface area contributed by atoms with Gasteiger partial charge in [0.1, 0.15) is 0 Å². The topological polar surface area (TPSA) is 86.7 Å². The van der Waals surface area contributed by atoms with Crippen molar-refractivity contribution >= 4 is 23.5 Å². The number of ketones is 2. The molecule has 0 fully saturated rings. The first-order valence-electron chi connectivity index (χ1n) is 17.2. The standard InChI is InChI=1S/C44H56O6/c1-29(19-15-21-31(3)23-25-37-33(5)41(47)39(49-35(7)45)27-43(37,9)10)17-13-14-18-30(2)20-16-22-32(4)24-26-38-34(6)42(48)40(50-36(8)46)28-44(38,11)12/h13-26,39-40H,27-28H2,1-12H3/b14-13+,19-15+,20-16+,25-23+,26-24+,29-17+,30-18+,31-21+,32-22+. The summed E-state index contributed by atoms with van der Waals surface area (Å²) in [5, 5.41) is 0. The number of Topliss-reactive ketones (excluding diaryl/α,β-unsaturated/α-hetero) is 2. The smallest absolute Gasteiger partial charge is 0.303 e. The van der Waals surface area contributed by atoms with Gasteiger partial charge < -0.3 is 9.47 Å². The highest BCUT2D eigenvalue weighted by atomic mass is 16.5. The number of hydrogen-bond acceptors (Lipinski definition) is 6. The van der Waals surface area contributed by atoms with Gasteiger partial charge in [-0.1, -0.05) is 135 Å². The van der Waals surface area contributed by atoms with E-state index in [1.54, 1.807) is 13.8 Å². The van der Waals surface area contributed by atoms with Gasteiger partial charge in [0.05, 0.1) is 0 Å². The Morgan fingerprint density at radius 1 is 0.540 bits per heavy atom. The van der Waals surface area contributed by atoms with E-state index in [1.807, 2.05) is 113 Å². The molecule has 2 atom stereocenters. The average Bonchev–Trinajstić information content (AvgIpc) is 2.99. The van der Waals surface area contributed by atoms with Gasteiger partial charge in [0.15, 0.2) is 23.8 Å². The molecule has 0 aromatic heterocycles. The number of allylic oxidation sites excluding steroid dienone is 20. The van der Waals surface area contributed by atoms with Crippen LogP contribution in [0.15, 0.2) is 130 Å². The molecule has 2 aliphatic rings. The Morgan fingerprint density at radius 3 is 1.16 bits per heavy atom. The second-order valence-electron chi connectivity index (χ2n) is 14.6. The molecule has 0 aromatic carbocycles. The van der Waals surface area contributed by atoms with Crippen LogP contribution in [0.4, 0.5) is 0 Å². The fourth-order valence-corrected chi connectivity index (χ4v) is 6.16. The molecule has 0 bridgehead atoms. The van der Waals surface area contributed by atoms with E-state index < -0.39 is 24.1 Å². The molecule has 0 saturated carbocycles. The fraction of sp³-hybridized carbons (Fsp3) is 0.409. The number of hydrogen-bond donors (Lipinski definition) is 0. The lowest BCUT2D eigenvalue weighted by atomic mass is 9.71. The van der Waals surface area contributed by atoms with E-state index >= 15 is 0 Å². The van der Waals surface area contributed by atoms with Crippen LogP contribution in [-0.2, 0) is 28.7 Å². The van der Waals surface area contributed by atoms with Gasteiger partial charge in [-0.05, 0) is 74.7 Å². The van der Waals surface area contributed by atoms with Crippen molar-refractivity contribution in [1.82, 2.24) is 0 Å². The summed E-state index contributed by atoms with van der Waals surface area (Å²) in [5.74, 6) is -1.13. The van der Waals surface area contributed by atoms with Gasteiger partial charge in [-0.3, -0.25) is 19.2 Å². The molecule has 0 amide bonds. The van der Waals surface area contributed by atoms with Crippen LogP contribution in [0.3, 0.4) is 0 Å². The Hall–Kier alpha value is -4.58. The third-order valence-electron chi connectivity index (χ3n) is 8.89. The zero-order chi connectivity index (χ0) is 37.8. The summed E-state index contributed by atoms with van der Waals surface area (Å²) in [6.45, 7) is 22.7.